The summed E-state index contributed by atoms with van der Waals surface area (Å²) in [4.78, 5) is 12.2. The highest BCUT2D eigenvalue weighted by Gasteiger charge is 2.41. The molecule has 5 atom stereocenters. The molecule has 1 aliphatic heterocycles. The Hall–Kier alpha value is -0.650. The van der Waals surface area contributed by atoms with Crippen LogP contribution in [0.5, 0.6) is 0 Å². The number of carbonyl (C=O) groups is 1. The largest absolute Gasteiger partial charge is 0.388 e. The van der Waals surface area contributed by atoms with Crippen molar-refractivity contribution in [2.45, 2.75) is 51.9 Å². The van der Waals surface area contributed by atoms with Gasteiger partial charge in [-0.2, -0.15) is 0 Å². The van der Waals surface area contributed by atoms with Crippen molar-refractivity contribution in [3.8, 4) is 0 Å². The number of aliphatic hydroxyl groups is 1. The van der Waals surface area contributed by atoms with Crippen molar-refractivity contribution < 1.29 is 19.4 Å². The van der Waals surface area contributed by atoms with Gasteiger partial charge in [-0.15, -0.1) is 0 Å². The second-order valence-corrected chi connectivity index (χ2v) is 5.89. The van der Waals surface area contributed by atoms with E-state index in [9.17, 15) is 9.90 Å². The number of methoxy groups -OCH3 is 1. The quantitative estimate of drug-likeness (QED) is 0.756. The third-order valence-electron chi connectivity index (χ3n) is 4.03. The molecule has 2 N–H and O–H groups in total. The molecule has 0 saturated carbocycles. The molecule has 19 heavy (non-hydrogen) atoms. The highest BCUT2D eigenvalue weighted by Crippen LogP contribution is 2.32. The molecule has 1 aliphatic rings. The summed E-state index contributed by atoms with van der Waals surface area (Å²) in [5, 5.41) is 12.9. The Balaban J connectivity index is 2.47. The van der Waals surface area contributed by atoms with Gasteiger partial charge >= 0.3 is 0 Å². The van der Waals surface area contributed by atoms with Gasteiger partial charge in [-0.25, -0.2) is 0 Å². The second kappa shape index (κ2) is 6.68. The van der Waals surface area contributed by atoms with E-state index in [2.05, 4.69) is 5.32 Å². The van der Waals surface area contributed by atoms with Crippen LogP contribution in [0, 0.1) is 11.8 Å². The van der Waals surface area contributed by atoms with Crippen molar-refractivity contribution in [2.24, 2.45) is 11.8 Å². The van der Waals surface area contributed by atoms with E-state index in [1.807, 2.05) is 20.8 Å². The fraction of sp³-hybridized carbons (Fsp3) is 0.929. The molecule has 1 fully saturated rings. The third kappa shape index (κ3) is 4.44. The van der Waals surface area contributed by atoms with Gasteiger partial charge in [-0.1, -0.05) is 6.92 Å². The first-order valence-electron chi connectivity index (χ1n) is 6.93. The molecule has 1 amide bonds. The molecule has 5 unspecified atom stereocenters. The molecule has 0 aromatic rings. The average Bonchev–Trinajstić information content (AvgIpc) is 2.58. The van der Waals surface area contributed by atoms with Crippen molar-refractivity contribution in [3.63, 3.8) is 0 Å². The van der Waals surface area contributed by atoms with E-state index in [1.54, 1.807) is 14.0 Å². The lowest BCUT2D eigenvalue weighted by molar-refractivity contribution is -0.128. The molecule has 112 valence electrons. The zero-order chi connectivity index (χ0) is 14.6. The number of hydrogen-bond acceptors (Lipinski definition) is 4. The molecule has 5 heteroatoms. The first-order valence-corrected chi connectivity index (χ1v) is 6.93. The molecule has 1 saturated heterocycles. The molecular weight excluding hydrogens is 246 g/mol. The van der Waals surface area contributed by atoms with Crippen LogP contribution < -0.4 is 5.32 Å². The van der Waals surface area contributed by atoms with Crippen LogP contribution in [0.1, 0.15) is 34.1 Å². The third-order valence-corrected chi connectivity index (χ3v) is 4.03. The van der Waals surface area contributed by atoms with Crippen molar-refractivity contribution in [1.82, 2.24) is 5.32 Å². The zero-order valence-corrected chi connectivity index (χ0v) is 12.6. The summed E-state index contributed by atoms with van der Waals surface area (Å²) in [5.74, 6) is 0.00851. The van der Waals surface area contributed by atoms with E-state index < -0.39 is 5.60 Å². The number of carbonyl (C=O) groups excluding carboxylic acids is 1. The number of hydrogen-bond donors (Lipinski definition) is 2. The van der Waals surface area contributed by atoms with Gasteiger partial charge in [-0.3, -0.25) is 4.79 Å². The van der Waals surface area contributed by atoms with Crippen LogP contribution >= 0.6 is 0 Å². The van der Waals surface area contributed by atoms with Gasteiger partial charge < -0.3 is 19.9 Å². The topological polar surface area (TPSA) is 67.8 Å². The number of nitrogens with one attached hydrogen (secondary N) is 1. The Labute approximate surface area is 115 Å². The maximum Gasteiger partial charge on any atom is 0.226 e. The SMILES string of the molecule is COCCC(C)(O)CNC(=O)C1C(C)OC(C)C1C. The van der Waals surface area contributed by atoms with Crippen molar-refractivity contribution in [3.05, 3.63) is 0 Å². The Morgan fingerprint density at radius 3 is 2.47 bits per heavy atom. The Morgan fingerprint density at radius 2 is 2.00 bits per heavy atom. The standard InChI is InChI=1S/C14H27NO4/c1-9-10(2)19-11(3)12(9)13(16)15-8-14(4,17)6-7-18-5/h9-12,17H,6-8H2,1-5H3,(H,15,16). The minimum atomic E-state index is -0.941. The normalized spacial score (nSPS) is 34.0. The van der Waals surface area contributed by atoms with Crippen molar-refractivity contribution >= 4 is 5.91 Å². The Kier molecular flexibility index (Phi) is 5.77. The van der Waals surface area contributed by atoms with E-state index in [1.165, 1.54) is 0 Å². The summed E-state index contributed by atoms with van der Waals surface area (Å²) < 4.78 is 10.6. The molecule has 1 rings (SSSR count). The van der Waals surface area contributed by atoms with Crippen LogP contribution in [0.4, 0.5) is 0 Å². The summed E-state index contributed by atoms with van der Waals surface area (Å²) in [6.07, 6.45) is 0.514. The molecule has 0 aromatic heterocycles. The molecule has 0 spiro atoms. The molecule has 5 nitrogen and oxygen atoms in total. The summed E-state index contributed by atoms with van der Waals surface area (Å²) in [6.45, 7) is 8.35. The Bertz CT molecular complexity index is 306. The van der Waals surface area contributed by atoms with E-state index in [0.29, 0.717) is 13.0 Å². The monoisotopic (exact) mass is 273 g/mol. The van der Waals surface area contributed by atoms with Crippen LogP contribution in [0.25, 0.3) is 0 Å². The zero-order valence-electron chi connectivity index (χ0n) is 12.6. The van der Waals surface area contributed by atoms with Gasteiger partial charge in [-0.05, 0) is 26.7 Å². The molecule has 0 aliphatic carbocycles. The van der Waals surface area contributed by atoms with Gasteiger partial charge in [0.25, 0.3) is 0 Å². The maximum atomic E-state index is 12.2. The molecule has 0 bridgehead atoms. The van der Waals surface area contributed by atoms with E-state index in [0.717, 1.165) is 0 Å². The van der Waals surface area contributed by atoms with Crippen LogP contribution in [0.2, 0.25) is 0 Å². The predicted octanol–water partition coefficient (Wildman–Crippen LogP) is 0.950. The first-order chi connectivity index (χ1) is 8.78. The predicted molar refractivity (Wildman–Crippen MR) is 72.8 cm³/mol. The summed E-state index contributed by atoms with van der Waals surface area (Å²) in [7, 11) is 1.59. The number of ether oxygens (including phenoxy) is 2. The lowest BCUT2D eigenvalue weighted by Gasteiger charge is -2.25. The fourth-order valence-electron chi connectivity index (χ4n) is 2.52. The molecule has 1 heterocycles. The Morgan fingerprint density at radius 1 is 1.37 bits per heavy atom. The molecular formula is C14H27NO4. The minimum absolute atomic E-state index is 0.0398. The van der Waals surface area contributed by atoms with Gasteiger partial charge in [0.15, 0.2) is 0 Å². The average molecular weight is 273 g/mol. The van der Waals surface area contributed by atoms with Crippen LogP contribution in [-0.4, -0.2) is 49.1 Å². The van der Waals surface area contributed by atoms with Gasteiger partial charge in [0, 0.05) is 26.7 Å². The fourth-order valence-corrected chi connectivity index (χ4v) is 2.52. The summed E-state index contributed by atoms with van der Waals surface area (Å²) >= 11 is 0. The number of rotatable bonds is 6. The minimum Gasteiger partial charge on any atom is -0.388 e. The second-order valence-electron chi connectivity index (χ2n) is 5.89. The highest BCUT2D eigenvalue weighted by molar-refractivity contribution is 5.80. The lowest BCUT2D eigenvalue weighted by atomic mass is 9.88. The lowest BCUT2D eigenvalue weighted by Crippen LogP contribution is -2.45. The van der Waals surface area contributed by atoms with E-state index >= 15 is 0 Å². The van der Waals surface area contributed by atoms with Gasteiger partial charge in [0.1, 0.15) is 0 Å². The van der Waals surface area contributed by atoms with Crippen LogP contribution in [0.3, 0.4) is 0 Å². The van der Waals surface area contributed by atoms with Gasteiger partial charge in [0.05, 0.1) is 23.7 Å². The molecule has 0 radical (unpaired) electrons. The highest BCUT2D eigenvalue weighted by atomic mass is 16.5. The van der Waals surface area contributed by atoms with Crippen LogP contribution in [0.15, 0.2) is 0 Å². The first kappa shape index (κ1) is 16.4. The summed E-state index contributed by atoms with van der Waals surface area (Å²) in [5.41, 5.74) is -0.941. The van der Waals surface area contributed by atoms with Gasteiger partial charge in [0.2, 0.25) is 5.91 Å². The summed E-state index contributed by atoms with van der Waals surface area (Å²) in [6, 6.07) is 0. The van der Waals surface area contributed by atoms with E-state index in [-0.39, 0.29) is 36.5 Å². The van der Waals surface area contributed by atoms with E-state index in [4.69, 9.17) is 9.47 Å². The van der Waals surface area contributed by atoms with Crippen molar-refractivity contribution in [2.75, 3.05) is 20.3 Å². The van der Waals surface area contributed by atoms with Crippen molar-refractivity contribution in [1.29, 1.82) is 0 Å². The smallest absolute Gasteiger partial charge is 0.226 e. The molecule has 0 aromatic carbocycles. The number of amides is 1. The van der Waals surface area contributed by atoms with Crippen LogP contribution in [-0.2, 0) is 14.3 Å². The maximum absolute atomic E-state index is 12.2.